The van der Waals surface area contributed by atoms with Crippen molar-refractivity contribution in [3.05, 3.63) is 92.4 Å². The average molecular weight is 488 g/mol. The van der Waals surface area contributed by atoms with Gasteiger partial charge in [0.1, 0.15) is 6.61 Å². The van der Waals surface area contributed by atoms with E-state index >= 15 is 0 Å². The predicted molar refractivity (Wildman–Crippen MR) is 123 cm³/mol. The minimum Gasteiger partial charge on any atom is -0.493 e. The molecule has 3 rings (SSSR count). The van der Waals surface area contributed by atoms with Crippen LogP contribution in [0.1, 0.15) is 27.0 Å². The molecule has 30 heavy (non-hydrogen) atoms. The summed E-state index contributed by atoms with van der Waals surface area (Å²) in [6.07, 6.45) is 1.53. The van der Waals surface area contributed by atoms with Crippen molar-refractivity contribution >= 4 is 39.7 Å². The summed E-state index contributed by atoms with van der Waals surface area (Å²) in [7, 11) is 1.57. The second-order valence-electron chi connectivity index (χ2n) is 6.47. The highest BCUT2D eigenvalue weighted by Gasteiger charge is 2.12. The third kappa shape index (κ3) is 5.62. The number of carbonyl (C=O) groups is 1. The monoisotopic (exact) mass is 486 g/mol. The zero-order chi connectivity index (χ0) is 21.5. The second kappa shape index (κ2) is 10.3. The number of hydrogen-bond donors (Lipinski definition) is 1. The summed E-state index contributed by atoms with van der Waals surface area (Å²) >= 11 is 9.58. The van der Waals surface area contributed by atoms with E-state index in [1.807, 2.05) is 43.3 Å². The van der Waals surface area contributed by atoms with Gasteiger partial charge >= 0.3 is 0 Å². The van der Waals surface area contributed by atoms with Crippen LogP contribution in [-0.4, -0.2) is 19.2 Å². The SMILES string of the molecule is COc1cc(/C=N\NC(=O)c2ccc(C)c(Cl)c2)cc(Br)c1OCc1ccccc1. The van der Waals surface area contributed by atoms with Gasteiger partial charge in [0.05, 0.1) is 17.8 Å². The number of ether oxygens (including phenoxy) is 2. The first-order chi connectivity index (χ1) is 14.5. The van der Waals surface area contributed by atoms with Crippen molar-refractivity contribution in [3.8, 4) is 11.5 Å². The number of amides is 1. The largest absolute Gasteiger partial charge is 0.493 e. The summed E-state index contributed by atoms with van der Waals surface area (Å²) in [6.45, 7) is 2.29. The van der Waals surface area contributed by atoms with Crippen LogP contribution in [0.25, 0.3) is 0 Å². The first-order valence-electron chi connectivity index (χ1n) is 9.11. The molecule has 7 heteroatoms. The Morgan fingerprint density at radius 3 is 2.63 bits per heavy atom. The third-order valence-corrected chi connectivity index (χ3v) is 5.29. The maximum absolute atomic E-state index is 12.2. The van der Waals surface area contributed by atoms with Gasteiger partial charge in [0.15, 0.2) is 11.5 Å². The van der Waals surface area contributed by atoms with Crippen molar-refractivity contribution in [2.45, 2.75) is 13.5 Å². The van der Waals surface area contributed by atoms with E-state index in [4.69, 9.17) is 21.1 Å². The lowest BCUT2D eigenvalue weighted by molar-refractivity contribution is 0.0955. The maximum atomic E-state index is 12.2. The Labute approximate surface area is 188 Å². The van der Waals surface area contributed by atoms with E-state index in [1.165, 1.54) is 6.21 Å². The van der Waals surface area contributed by atoms with Gasteiger partial charge in [-0.3, -0.25) is 4.79 Å². The molecule has 154 valence electrons. The molecule has 0 unspecified atom stereocenters. The fourth-order valence-electron chi connectivity index (χ4n) is 2.65. The molecule has 0 atom stereocenters. The van der Waals surface area contributed by atoms with E-state index in [9.17, 15) is 4.79 Å². The maximum Gasteiger partial charge on any atom is 0.271 e. The lowest BCUT2D eigenvalue weighted by Crippen LogP contribution is -2.17. The highest BCUT2D eigenvalue weighted by molar-refractivity contribution is 9.10. The quantitative estimate of drug-likeness (QED) is 0.340. The van der Waals surface area contributed by atoms with E-state index in [1.54, 1.807) is 31.4 Å². The molecule has 0 aliphatic heterocycles. The van der Waals surface area contributed by atoms with Crippen LogP contribution < -0.4 is 14.9 Å². The lowest BCUT2D eigenvalue weighted by atomic mass is 10.1. The molecular formula is C23H20BrClN2O3. The van der Waals surface area contributed by atoms with Gasteiger partial charge in [0, 0.05) is 10.6 Å². The Morgan fingerprint density at radius 2 is 1.93 bits per heavy atom. The van der Waals surface area contributed by atoms with Crippen LogP contribution in [0.2, 0.25) is 5.02 Å². The topological polar surface area (TPSA) is 59.9 Å². The van der Waals surface area contributed by atoms with Crippen LogP contribution in [0, 0.1) is 6.92 Å². The van der Waals surface area contributed by atoms with Gasteiger partial charge in [-0.05, 0) is 63.8 Å². The van der Waals surface area contributed by atoms with E-state index in [-0.39, 0.29) is 5.91 Å². The zero-order valence-corrected chi connectivity index (χ0v) is 18.8. The van der Waals surface area contributed by atoms with Crippen molar-refractivity contribution < 1.29 is 14.3 Å². The highest BCUT2D eigenvalue weighted by Crippen LogP contribution is 2.36. The van der Waals surface area contributed by atoms with Crippen molar-refractivity contribution in [1.82, 2.24) is 5.43 Å². The third-order valence-electron chi connectivity index (χ3n) is 4.29. The summed E-state index contributed by atoms with van der Waals surface area (Å²) in [5, 5.41) is 4.56. The van der Waals surface area contributed by atoms with Crippen molar-refractivity contribution in [2.24, 2.45) is 5.10 Å². The Morgan fingerprint density at radius 1 is 1.17 bits per heavy atom. The van der Waals surface area contributed by atoms with Gasteiger partial charge in [0.25, 0.3) is 5.91 Å². The van der Waals surface area contributed by atoms with Crippen molar-refractivity contribution in [2.75, 3.05) is 7.11 Å². The van der Waals surface area contributed by atoms with Crippen LogP contribution >= 0.6 is 27.5 Å². The summed E-state index contributed by atoms with van der Waals surface area (Å²) in [6, 6.07) is 18.6. The van der Waals surface area contributed by atoms with Crippen LogP contribution in [0.4, 0.5) is 0 Å². The molecule has 0 heterocycles. The number of hydrogen-bond acceptors (Lipinski definition) is 4. The average Bonchev–Trinajstić information content (AvgIpc) is 2.75. The minimum atomic E-state index is -0.345. The van der Waals surface area contributed by atoms with Gasteiger partial charge < -0.3 is 9.47 Å². The zero-order valence-electron chi connectivity index (χ0n) is 16.5. The first kappa shape index (κ1) is 21.9. The van der Waals surface area contributed by atoms with Gasteiger partial charge in [-0.1, -0.05) is 48.0 Å². The number of nitrogens with zero attached hydrogens (tertiary/aromatic N) is 1. The van der Waals surface area contributed by atoms with E-state index < -0.39 is 0 Å². The van der Waals surface area contributed by atoms with Crippen LogP contribution in [0.5, 0.6) is 11.5 Å². The molecular weight excluding hydrogens is 468 g/mol. The van der Waals surface area contributed by atoms with Gasteiger partial charge in [-0.25, -0.2) is 5.43 Å². The fraction of sp³-hybridized carbons (Fsp3) is 0.130. The highest BCUT2D eigenvalue weighted by atomic mass is 79.9. The Balaban J connectivity index is 1.69. The van der Waals surface area contributed by atoms with Gasteiger partial charge in [-0.15, -0.1) is 0 Å². The predicted octanol–water partition coefficient (Wildman–Crippen LogP) is 5.76. The molecule has 0 saturated heterocycles. The van der Waals surface area contributed by atoms with Crippen LogP contribution in [0.3, 0.4) is 0 Å². The molecule has 0 aromatic heterocycles. The molecule has 0 fully saturated rings. The number of methoxy groups -OCH3 is 1. The number of hydrazone groups is 1. The fourth-order valence-corrected chi connectivity index (χ4v) is 3.40. The van der Waals surface area contributed by atoms with E-state index in [2.05, 4.69) is 26.5 Å². The molecule has 0 spiro atoms. The molecule has 1 amide bonds. The number of halogens is 2. The molecule has 3 aromatic carbocycles. The standard InChI is InChI=1S/C23H20BrClN2O3/c1-15-8-9-18(12-20(15)25)23(28)27-26-13-17-10-19(24)22(21(11-17)29-2)30-14-16-6-4-3-5-7-16/h3-13H,14H2,1-2H3,(H,27,28)/b26-13-. The van der Waals surface area contributed by atoms with E-state index in [0.717, 1.165) is 21.2 Å². The number of nitrogens with one attached hydrogen (secondary N) is 1. The number of carbonyl (C=O) groups excluding carboxylic acids is 1. The smallest absolute Gasteiger partial charge is 0.271 e. The van der Waals surface area contributed by atoms with Crippen LogP contribution in [0.15, 0.2) is 70.2 Å². The normalized spacial score (nSPS) is 10.8. The molecule has 0 saturated carbocycles. The minimum absolute atomic E-state index is 0.345. The Kier molecular flexibility index (Phi) is 7.49. The molecule has 3 aromatic rings. The van der Waals surface area contributed by atoms with Gasteiger partial charge in [0.2, 0.25) is 0 Å². The molecule has 0 bridgehead atoms. The van der Waals surface area contributed by atoms with Crippen LogP contribution in [-0.2, 0) is 6.61 Å². The number of aryl methyl sites for hydroxylation is 1. The second-order valence-corrected chi connectivity index (χ2v) is 7.73. The van der Waals surface area contributed by atoms with E-state index in [0.29, 0.717) is 28.7 Å². The van der Waals surface area contributed by atoms with Crippen molar-refractivity contribution in [1.29, 1.82) is 0 Å². The summed E-state index contributed by atoms with van der Waals surface area (Å²) in [5.74, 6) is 0.803. The molecule has 5 nitrogen and oxygen atoms in total. The lowest BCUT2D eigenvalue weighted by Gasteiger charge is -2.13. The number of benzene rings is 3. The first-order valence-corrected chi connectivity index (χ1v) is 10.3. The molecule has 1 N–H and O–H groups in total. The Hall–Kier alpha value is -2.83. The number of rotatable bonds is 7. The molecule has 0 radical (unpaired) electrons. The summed E-state index contributed by atoms with van der Waals surface area (Å²) < 4.78 is 12.1. The van der Waals surface area contributed by atoms with Crippen molar-refractivity contribution in [3.63, 3.8) is 0 Å². The molecule has 0 aliphatic carbocycles. The summed E-state index contributed by atoms with van der Waals surface area (Å²) in [4.78, 5) is 12.2. The molecule has 0 aliphatic rings. The van der Waals surface area contributed by atoms with Gasteiger partial charge in [-0.2, -0.15) is 5.10 Å². The Bertz CT molecular complexity index is 1070. The summed E-state index contributed by atoms with van der Waals surface area (Å²) in [5.41, 5.74) is 5.62.